The minimum Gasteiger partial charge on any atom is -0.436 e. The summed E-state index contributed by atoms with van der Waals surface area (Å²) in [4.78, 5) is 3.99. The molecule has 1 aromatic heterocycles. The van der Waals surface area contributed by atoms with Gasteiger partial charge in [0.25, 0.3) is 0 Å². The number of hydrogen-bond acceptors (Lipinski definition) is 3. The zero-order valence-corrected chi connectivity index (χ0v) is 11.0. The summed E-state index contributed by atoms with van der Waals surface area (Å²) in [7, 11) is 0. The molecule has 2 aromatic rings. The van der Waals surface area contributed by atoms with E-state index in [0.29, 0.717) is 6.54 Å². The van der Waals surface area contributed by atoms with Crippen LogP contribution < -0.4 is 10.5 Å². The second-order valence-electron chi connectivity index (χ2n) is 3.83. The molecule has 0 bridgehead atoms. The molecule has 2 rings (SSSR count). The van der Waals surface area contributed by atoms with Crippen molar-refractivity contribution in [1.82, 2.24) is 4.98 Å². The Kier molecular flexibility index (Phi) is 5.20. The molecule has 0 spiro atoms. The predicted molar refractivity (Wildman–Crippen MR) is 70.5 cm³/mol. The highest BCUT2D eigenvalue weighted by molar-refractivity contribution is 5.85. The number of rotatable bonds is 3. The number of hydrogen-bond donors (Lipinski definition) is 1. The van der Waals surface area contributed by atoms with E-state index in [1.165, 1.54) is 0 Å². The molecule has 19 heavy (non-hydrogen) atoms. The minimum absolute atomic E-state index is 0. The average molecular weight is 287 g/mol. The maximum Gasteiger partial charge on any atom is 0.219 e. The lowest BCUT2D eigenvalue weighted by atomic mass is 10.1. The Hall–Kier alpha value is -1.72. The topological polar surface area (TPSA) is 48.1 Å². The molecular formula is C13H13ClF2N2O. The van der Waals surface area contributed by atoms with E-state index in [1.807, 2.05) is 6.92 Å². The highest BCUT2D eigenvalue weighted by atomic mass is 35.5. The van der Waals surface area contributed by atoms with Gasteiger partial charge in [-0.3, -0.25) is 0 Å². The number of aryl methyl sites for hydroxylation is 1. The summed E-state index contributed by atoms with van der Waals surface area (Å²) in [5.41, 5.74) is 7.27. The van der Waals surface area contributed by atoms with E-state index in [4.69, 9.17) is 10.5 Å². The molecule has 0 aliphatic heterocycles. The van der Waals surface area contributed by atoms with E-state index in [0.717, 1.165) is 29.3 Å². The first-order valence-corrected chi connectivity index (χ1v) is 5.38. The van der Waals surface area contributed by atoms with Crippen molar-refractivity contribution < 1.29 is 13.5 Å². The van der Waals surface area contributed by atoms with E-state index in [9.17, 15) is 8.78 Å². The first-order chi connectivity index (χ1) is 8.60. The van der Waals surface area contributed by atoms with Gasteiger partial charge in [-0.05, 0) is 30.2 Å². The number of pyridine rings is 1. The standard InChI is InChI=1S/C13H12F2N2O.ClH/c1-8-4-13(17-7-9(8)6-16)18-12-5-10(14)2-3-11(12)15;/h2-5,7H,6,16H2,1H3;1H. The third-order valence-electron chi connectivity index (χ3n) is 2.52. The van der Waals surface area contributed by atoms with Crippen LogP contribution in [0.2, 0.25) is 0 Å². The van der Waals surface area contributed by atoms with Crippen molar-refractivity contribution in [3.05, 3.63) is 53.2 Å². The lowest BCUT2D eigenvalue weighted by Crippen LogP contribution is -2.01. The monoisotopic (exact) mass is 286 g/mol. The second kappa shape index (κ2) is 6.45. The number of halogens is 3. The van der Waals surface area contributed by atoms with Crippen molar-refractivity contribution in [2.45, 2.75) is 13.5 Å². The molecule has 0 aliphatic carbocycles. The molecule has 102 valence electrons. The molecule has 0 radical (unpaired) electrons. The molecule has 0 aliphatic rings. The van der Waals surface area contributed by atoms with Crippen LogP contribution >= 0.6 is 12.4 Å². The van der Waals surface area contributed by atoms with Gasteiger partial charge in [0.05, 0.1) is 0 Å². The third-order valence-corrected chi connectivity index (χ3v) is 2.52. The molecule has 6 heteroatoms. The first kappa shape index (κ1) is 15.3. The predicted octanol–water partition coefficient (Wildman–Crippen LogP) is 3.34. The molecule has 1 aromatic carbocycles. The van der Waals surface area contributed by atoms with Crippen molar-refractivity contribution in [1.29, 1.82) is 0 Å². The van der Waals surface area contributed by atoms with E-state index >= 15 is 0 Å². The van der Waals surface area contributed by atoms with Crippen LogP contribution in [0, 0.1) is 18.6 Å². The molecule has 3 nitrogen and oxygen atoms in total. The van der Waals surface area contributed by atoms with Crippen LogP contribution in [0.4, 0.5) is 8.78 Å². The summed E-state index contributed by atoms with van der Waals surface area (Å²) in [6.45, 7) is 2.21. The molecule has 0 saturated carbocycles. The van der Waals surface area contributed by atoms with Gasteiger partial charge in [-0.2, -0.15) is 0 Å². The van der Waals surface area contributed by atoms with Crippen molar-refractivity contribution in [2.24, 2.45) is 5.73 Å². The summed E-state index contributed by atoms with van der Waals surface area (Å²) in [5, 5.41) is 0. The fourth-order valence-electron chi connectivity index (χ4n) is 1.50. The molecular weight excluding hydrogens is 274 g/mol. The summed E-state index contributed by atoms with van der Waals surface area (Å²) in [5.74, 6) is -1.20. The number of benzene rings is 1. The smallest absolute Gasteiger partial charge is 0.219 e. The Morgan fingerprint density at radius 1 is 1.26 bits per heavy atom. The Labute approximate surface area is 115 Å². The molecule has 0 unspecified atom stereocenters. The van der Waals surface area contributed by atoms with Crippen molar-refractivity contribution in [2.75, 3.05) is 0 Å². The summed E-state index contributed by atoms with van der Waals surface area (Å²) in [6.07, 6.45) is 1.56. The molecule has 0 fully saturated rings. The van der Waals surface area contributed by atoms with E-state index < -0.39 is 11.6 Å². The Balaban J connectivity index is 0.00000180. The average Bonchev–Trinajstić information content (AvgIpc) is 2.34. The number of aromatic nitrogens is 1. The highest BCUT2D eigenvalue weighted by Crippen LogP contribution is 2.24. The van der Waals surface area contributed by atoms with E-state index in [2.05, 4.69) is 4.98 Å². The van der Waals surface area contributed by atoms with Gasteiger partial charge in [0.15, 0.2) is 11.6 Å². The fourth-order valence-corrected chi connectivity index (χ4v) is 1.50. The van der Waals surface area contributed by atoms with Gasteiger partial charge >= 0.3 is 0 Å². The molecule has 0 amide bonds. The zero-order chi connectivity index (χ0) is 13.1. The Morgan fingerprint density at radius 3 is 2.63 bits per heavy atom. The molecule has 1 heterocycles. The van der Waals surface area contributed by atoms with Crippen LogP contribution in [0.15, 0.2) is 30.5 Å². The third kappa shape index (κ3) is 3.62. The lowest BCUT2D eigenvalue weighted by Gasteiger charge is -2.08. The Bertz CT molecular complexity index is 579. The largest absolute Gasteiger partial charge is 0.436 e. The van der Waals surface area contributed by atoms with Crippen LogP contribution in [0.1, 0.15) is 11.1 Å². The number of nitrogens with zero attached hydrogens (tertiary/aromatic N) is 1. The quantitative estimate of drug-likeness (QED) is 0.941. The lowest BCUT2D eigenvalue weighted by molar-refractivity contribution is 0.422. The van der Waals surface area contributed by atoms with Crippen molar-refractivity contribution in [3.63, 3.8) is 0 Å². The summed E-state index contributed by atoms with van der Waals surface area (Å²) >= 11 is 0. The van der Waals surface area contributed by atoms with Crippen LogP contribution in [0.25, 0.3) is 0 Å². The minimum atomic E-state index is -0.640. The van der Waals surface area contributed by atoms with Gasteiger partial charge in [-0.1, -0.05) is 0 Å². The first-order valence-electron chi connectivity index (χ1n) is 5.38. The number of nitrogens with two attached hydrogens (primary N) is 1. The van der Waals surface area contributed by atoms with Crippen LogP contribution in [0.3, 0.4) is 0 Å². The SMILES string of the molecule is Cc1cc(Oc2cc(F)ccc2F)ncc1CN.Cl. The van der Waals surface area contributed by atoms with Crippen molar-refractivity contribution in [3.8, 4) is 11.6 Å². The second-order valence-corrected chi connectivity index (χ2v) is 3.83. The zero-order valence-electron chi connectivity index (χ0n) is 10.2. The normalized spacial score (nSPS) is 9.89. The molecule has 2 N–H and O–H groups in total. The van der Waals surface area contributed by atoms with Crippen LogP contribution in [-0.4, -0.2) is 4.98 Å². The summed E-state index contributed by atoms with van der Waals surface area (Å²) in [6, 6.07) is 4.64. The maximum atomic E-state index is 13.4. The van der Waals surface area contributed by atoms with Gasteiger partial charge in [0, 0.05) is 24.9 Å². The van der Waals surface area contributed by atoms with Gasteiger partial charge in [-0.15, -0.1) is 12.4 Å². The Morgan fingerprint density at radius 2 is 2.00 bits per heavy atom. The molecule has 0 atom stereocenters. The maximum absolute atomic E-state index is 13.4. The number of ether oxygens (including phenoxy) is 1. The summed E-state index contributed by atoms with van der Waals surface area (Å²) < 4.78 is 31.5. The van der Waals surface area contributed by atoms with Gasteiger partial charge in [0.1, 0.15) is 5.82 Å². The van der Waals surface area contributed by atoms with Gasteiger partial charge < -0.3 is 10.5 Å². The van der Waals surface area contributed by atoms with E-state index in [1.54, 1.807) is 12.3 Å². The van der Waals surface area contributed by atoms with E-state index in [-0.39, 0.29) is 24.0 Å². The van der Waals surface area contributed by atoms with Crippen molar-refractivity contribution >= 4 is 12.4 Å². The van der Waals surface area contributed by atoms with Crippen LogP contribution in [-0.2, 0) is 6.54 Å². The van der Waals surface area contributed by atoms with Gasteiger partial charge in [0.2, 0.25) is 5.88 Å². The van der Waals surface area contributed by atoms with Crippen LogP contribution in [0.5, 0.6) is 11.6 Å². The van der Waals surface area contributed by atoms with Gasteiger partial charge in [-0.25, -0.2) is 13.8 Å². The fraction of sp³-hybridized carbons (Fsp3) is 0.154. The molecule has 0 saturated heterocycles. The highest BCUT2D eigenvalue weighted by Gasteiger charge is 2.08.